The highest BCUT2D eigenvalue weighted by Gasteiger charge is 2.25. The van der Waals surface area contributed by atoms with Crippen LogP contribution < -0.4 is 0 Å². The van der Waals surface area contributed by atoms with Crippen LogP contribution in [0.1, 0.15) is 27.4 Å². The lowest BCUT2D eigenvalue weighted by Crippen LogP contribution is -1.95. The van der Waals surface area contributed by atoms with Gasteiger partial charge in [0.15, 0.2) is 0 Å². The molecule has 0 aliphatic heterocycles. The number of thiophene rings is 1. The van der Waals surface area contributed by atoms with Crippen LogP contribution in [-0.2, 0) is 0 Å². The molecule has 0 saturated heterocycles. The molecule has 6 nitrogen and oxygen atoms in total. The Morgan fingerprint density at radius 1 is 1.02 bits per heavy atom. The van der Waals surface area contributed by atoms with Crippen molar-refractivity contribution in [3.8, 4) is 39.6 Å². The number of halogens is 4. The number of carbonyl (C=O) groups excluding carboxylic acids is 1. The van der Waals surface area contributed by atoms with E-state index in [9.17, 15) is 28.1 Å². The number of hydrogen-bond donors (Lipinski definition) is 0. The van der Waals surface area contributed by atoms with E-state index in [1.165, 1.54) is 65.9 Å². The Hall–Kier alpha value is -4.76. The normalized spacial score (nSPS) is 11.2. The maximum atomic E-state index is 14.8. The minimum absolute atomic E-state index is 0.0544. The molecule has 0 radical (unpaired) electrons. The molecule has 0 unspecified atom stereocenters. The number of aromatic nitrogens is 2. The Bertz CT molecular complexity index is 2120. The van der Waals surface area contributed by atoms with Crippen LogP contribution in [0.25, 0.3) is 44.4 Å². The van der Waals surface area contributed by atoms with Crippen molar-refractivity contribution in [2.45, 2.75) is 11.3 Å². The van der Waals surface area contributed by atoms with Crippen LogP contribution in [0.15, 0.2) is 101 Å². The second-order valence-corrected chi connectivity index (χ2v) is 11.8. The van der Waals surface area contributed by atoms with Gasteiger partial charge in [0, 0.05) is 54.5 Å². The van der Waals surface area contributed by atoms with Crippen LogP contribution in [0.5, 0.6) is 0 Å². The molecule has 0 bridgehead atoms. The Labute approximate surface area is 261 Å². The summed E-state index contributed by atoms with van der Waals surface area (Å²) in [6, 6.07) is 23.0. The second-order valence-electron chi connectivity index (χ2n) is 9.44. The number of nitriles is 1. The van der Waals surface area contributed by atoms with Crippen molar-refractivity contribution >= 4 is 51.7 Å². The third-order valence-electron chi connectivity index (χ3n) is 6.85. The highest BCUT2D eigenvalue weighted by atomic mass is 35.5. The summed E-state index contributed by atoms with van der Waals surface area (Å²) < 4.78 is 43.0. The second kappa shape index (κ2) is 12.1. The highest BCUT2D eigenvalue weighted by molar-refractivity contribution is 7.98. The molecule has 0 spiro atoms. The minimum Gasteiger partial charge on any atom is -0.278 e. The van der Waals surface area contributed by atoms with Crippen LogP contribution >= 0.6 is 34.9 Å². The van der Waals surface area contributed by atoms with Crippen molar-refractivity contribution < 1.29 is 18.0 Å². The van der Waals surface area contributed by atoms with Crippen LogP contribution in [0, 0.1) is 22.1 Å². The predicted molar refractivity (Wildman–Crippen MR) is 166 cm³/mol. The molecule has 3 aromatic carbocycles. The maximum absolute atomic E-state index is 14.8. The van der Waals surface area contributed by atoms with Gasteiger partial charge in [-0.05, 0) is 77.5 Å². The molecule has 44 heavy (non-hydrogen) atoms. The summed E-state index contributed by atoms with van der Waals surface area (Å²) in [4.78, 5) is 27.4. The van der Waals surface area contributed by atoms with E-state index >= 15 is 0 Å². The lowest BCUT2D eigenvalue weighted by molar-refractivity contribution is 0.100. The molecule has 216 valence electrons. The zero-order valence-corrected chi connectivity index (χ0v) is 24.6. The van der Waals surface area contributed by atoms with E-state index in [1.807, 2.05) is 28.2 Å². The molecular formula is C32H16ClF3N4O2S2. The number of fused-ring (bicyclic) bond motifs is 1. The van der Waals surface area contributed by atoms with E-state index in [2.05, 4.69) is 16.2 Å². The lowest BCUT2D eigenvalue weighted by atomic mass is 9.96. The summed E-state index contributed by atoms with van der Waals surface area (Å²) >= 11 is 9.00. The predicted octanol–water partition coefficient (Wildman–Crippen LogP) is 10.2. The zero-order valence-electron chi connectivity index (χ0n) is 22.2. The molecule has 6 rings (SSSR count). The maximum Gasteiger partial charge on any atom is 0.316 e. The largest absolute Gasteiger partial charge is 0.316 e. The first-order valence-electron chi connectivity index (χ1n) is 12.8. The van der Waals surface area contributed by atoms with Gasteiger partial charge in [0.2, 0.25) is 0 Å². The van der Waals surface area contributed by atoms with E-state index < -0.39 is 18.1 Å². The van der Waals surface area contributed by atoms with Crippen LogP contribution in [0.4, 0.5) is 13.2 Å². The van der Waals surface area contributed by atoms with E-state index in [4.69, 9.17) is 11.6 Å². The number of benzene rings is 3. The first kappa shape index (κ1) is 29.3. The Balaban J connectivity index is 1.60. The van der Waals surface area contributed by atoms with Crippen LogP contribution in [0.2, 0.25) is 5.02 Å². The number of nitroso groups, excluding NO2 is 1. The fraction of sp³-hybridized carbons (Fsp3) is 0.0312. The average Bonchev–Trinajstić information content (AvgIpc) is 3.62. The van der Waals surface area contributed by atoms with Gasteiger partial charge in [-0.15, -0.1) is 16.2 Å². The molecule has 0 aliphatic carbocycles. The van der Waals surface area contributed by atoms with Crippen molar-refractivity contribution in [3.05, 3.63) is 122 Å². The average molecular weight is 645 g/mol. The van der Waals surface area contributed by atoms with Gasteiger partial charge < -0.3 is 0 Å². The number of hydrogen-bond acceptors (Lipinski definition) is 6. The fourth-order valence-electron chi connectivity index (χ4n) is 4.91. The SMILES string of the molecule is N#Cc1sccc1-c1c(-c2cccc(-c3ccc(C(=O)N=O)cc3Cl)c2)n(Sc2ccc(C(F)F)nc2)c2ccc(F)cc12. The Morgan fingerprint density at radius 2 is 1.84 bits per heavy atom. The zero-order chi connectivity index (χ0) is 31.0. The third kappa shape index (κ3) is 5.39. The van der Waals surface area contributed by atoms with Gasteiger partial charge in [-0.25, -0.2) is 13.2 Å². The van der Waals surface area contributed by atoms with Crippen molar-refractivity contribution in [1.29, 1.82) is 5.26 Å². The fourth-order valence-corrected chi connectivity index (χ4v) is 6.87. The summed E-state index contributed by atoms with van der Waals surface area (Å²) in [7, 11) is 0. The molecule has 12 heteroatoms. The number of alkyl halides is 2. The van der Waals surface area contributed by atoms with Crippen LogP contribution in [0.3, 0.4) is 0 Å². The van der Waals surface area contributed by atoms with Crippen molar-refractivity contribution in [2.75, 3.05) is 0 Å². The topological polar surface area (TPSA) is 88.1 Å². The summed E-state index contributed by atoms with van der Waals surface area (Å²) in [6.07, 6.45) is -1.37. The van der Waals surface area contributed by atoms with Gasteiger partial charge in [-0.2, -0.15) is 5.26 Å². The first-order valence-corrected chi connectivity index (χ1v) is 14.8. The Morgan fingerprint density at radius 3 is 2.55 bits per heavy atom. The number of carbonyl (C=O) groups is 1. The lowest BCUT2D eigenvalue weighted by Gasteiger charge is -2.14. The van der Waals surface area contributed by atoms with E-state index in [0.29, 0.717) is 54.2 Å². The van der Waals surface area contributed by atoms with Crippen molar-refractivity contribution in [3.63, 3.8) is 0 Å². The monoisotopic (exact) mass is 644 g/mol. The van der Waals surface area contributed by atoms with E-state index in [1.54, 1.807) is 23.6 Å². The standard InChI is InChI=1S/C32H16ClF3N4O2S2/c33-25-13-19(32(41)39-42)4-7-22(25)17-2-1-3-18(12-17)30-29(23-10-11-43-28(23)15-37)24-14-20(34)5-9-27(24)40(30)44-21-6-8-26(31(35)36)38-16-21/h1-14,16,31H. The molecule has 0 fully saturated rings. The first-order chi connectivity index (χ1) is 21.3. The summed E-state index contributed by atoms with van der Waals surface area (Å²) in [6.45, 7) is 0. The molecule has 3 aromatic heterocycles. The molecular weight excluding hydrogens is 629 g/mol. The van der Waals surface area contributed by atoms with Gasteiger partial charge in [-0.3, -0.25) is 13.8 Å². The minimum atomic E-state index is -2.72. The van der Waals surface area contributed by atoms with Gasteiger partial charge in [-0.1, -0.05) is 35.9 Å². The van der Waals surface area contributed by atoms with E-state index in [0.717, 1.165) is 0 Å². The molecule has 0 aliphatic rings. The van der Waals surface area contributed by atoms with Gasteiger partial charge in [0.25, 0.3) is 6.43 Å². The number of rotatable bonds is 7. The molecule has 3 heterocycles. The highest BCUT2D eigenvalue weighted by Crippen LogP contribution is 2.47. The quantitative estimate of drug-likeness (QED) is 0.161. The summed E-state index contributed by atoms with van der Waals surface area (Å²) in [5.41, 5.74) is 4.12. The van der Waals surface area contributed by atoms with Gasteiger partial charge >= 0.3 is 5.91 Å². The molecule has 0 N–H and O–H groups in total. The molecule has 6 aromatic rings. The summed E-state index contributed by atoms with van der Waals surface area (Å²) in [5.74, 6) is -1.41. The number of pyridine rings is 1. The molecule has 0 saturated carbocycles. The smallest absolute Gasteiger partial charge is 0.278 e. The molecule has 0 atom stereocenters. The van der Waals surface area contributed by atoms with Crippen molar-refractivity contribution in [2.24, 2.45) is 5.18 Å². The Kier molecular flexibility index (Phi) is 8.05. The van der Waals surface area contributed by atoms with Gasteiger partial charge in [0.1, 0.15) is 22.5 Å². The number of amides is 1. The number of nitrogens with zero attached hydrogens (tertiary/aromatic N) is 4. The third-order valence-corrected chi connectivity index (χ3v) is 8.99. The van der Waals surface area contributed by atoms with Crippen molar-refractivity contribution in [1.82, 2.24) is 8.96 Å². The summed E-state index contributed by atoms with van der Waals surface area (Å²) in [5, 5.41) is 14.9. The van der Waals surface area contributed by atoms with Gasteiger partial charge in [0.05, 0.1) is 11.2 Å². The van der Waals surface area contributed by atoms with Crippen LogP contribution in [-0.4, -0.2) is 14.9 Å². The van der Waals surface area contributed by atoms with E-state index in [-0.39, 0.29) is 16.3 Å². The molecule has 1 amide bonds.